The van der Waals surface area contributed by atoms with Crippen molar-refractivity contribution in [2.75, 3.05) is 19.8 Å². The van der Waals surface area contributed by atoms with Crippen molar-refractivity contribution in [1.29, 1.82) is 0 Å². The van der Waals surface area contributed by atoms with E-state index in [1.165, 1.54) is 0 Å². The maximum atomic E-state index is 5.41. The van der Waals surface area contributed by atoms with Gasteiger partial charge < -0.3 is 14.6 Å². The van der Waals surface area contributed by atoms with E-state index in [0.29, 0.717) is 18.3 Å². The standard InChI is InChI=1S/C13H13N5O2/c1-2-5-18-11(3-1)9(7-15-18)13-16-12(17-20-13)10-8-19-6-4-14-10/h1-3,5,7,10,14H,4,6,8H2. The summed E-state index contributed by atoms with van der Waals surface area (Å²) in [5.74, 6) is 1.10. The normalized spacial score (nSPS) is 19.5. The third kappa shape index (κ3) is 1.87. The summed E-state index contributed by atoms with van der Waals surface area (Å²) < 4.78 is 12.5. The van der Waals surface area contributed by atoms with E-state index in [-0.39, 0.29) is 6.04 Å². The lowest BCUT2D eigenvalue weighted by atomic mass is 10.2. The smallest absolute Gasteiger partial charge is 0.261 e. The fourth-order valence-corrected chi connectivity index (χ4v) is 2.32. The van der Waals surface area contributed by atoms with Crippen LogP contribution in [0.2, 0.25) is 0 Å². The molecular formula is C13H13N5O2. The Balaban J connectivity index is 1.70. The second-order valence-corrected chi connectivity index (χ2v) is 4.63. The third-order valence-electron chi connectivity index (χ3n) is 3.33. The van der Waals surface area contributed by atoms with Gasteiger partial charge in [-0.3, -0.25) is 0 Å². The minimum absolute atomic E-state index is 0.0110. The summed E-state index contributed by atoms with van der Waals surface area (Å²) >= 11 is 0. The van der Waals surface area contributed by atoms with Gasteiger partial charge >= 0.3 is 0 Å². The van der Waals surface area contributed by atoms with Crippen LogP contribution in [0.15, 0.2) is 35.1 Å². The van der Waals surface area contributed by atoms with E-state index in [9.17, 15) is 0 Å². The average Bonchev–Trinajstić information content (AvgIpc) is 3.14. The zero-order valence-electron chi connectivity index (χ0n) is 10.7. The highest BCUT2D eigenvalue weighted by atomic mass is 16.5. The fraction of sp³-hybridized carbons (Fsp3) is 0.308. The molecular weight excluding hydrogens is 258 g/mol. The summed E-state index contributed by atoms with van der Waals surface area (Å²) in [4.78, 5) is 4.45. The van der Waals surface area contributed by atoms with E-state index < -0.39 is 0 Å². The highest BCUT2D eigenvalue weighted by Gasteiger charge is 2.22. The van der Waals surface area contributed by atoms with Gasteiger partial charge in [-0.05, 0) is 12.1 Å². The van der Waals surface area contributed by atoms with Crippen molar-refractivity contribution in [2.45, 2.75) is 6.04 Å². The summed E-state index contributed by atoms with van der Waals surface area (Å²) in [5.41, 5.74) is 1.77. The largest absolute Gasteiger partial charge is 0.378 e. The van der Waals surface area contributed by atoms with Crippen molar-refractivity contribution >= 4 is 5.52 Å². The van der Waals surface area contributed by atoms with Crippen molar-refractivity contribution in [3.8, 4) is 11.5 Å². The number of nitrogens with one attached hydrogen (secondary N) is 1. The molecule has 0 spiro atoms. The second kappa shape index (κ2) is 4.69. The third-order valence-corrected chi connectivity index (χ3v) is 3.33. The average molecular weight is 271 g/mol. The summed E-state index contributed by atoms with van der Waals surface area (Å²) in [6.45, 7) is 2.08. The molecule has 20 heavy (non-hydrogen) atoms. The molecule has 4 rings (SSSR count). The Morgan fingerprint density at radius 1 is 1.35 bits per heavy atom. The molecule has 102 valence electrons. The molecule has 1 aliphatic heterocycles. The van der Waals surface area contributed by atoms with Gasteiger partial charge in [0.15, 0.2) is 5.82 Å². The minimum atomic E-state index is -0.0110. The number of pyridine rings is 1. The van der Waals surface area contributed by atoms with Crippen LogP contribution < -0.4 is 5.32 Å². The van der Waals surface area contributed by atoms with E-state index in [4.69, 9.17) is 9.26 Å². The van der Waals surface area contributed by atoms with Gasteiger partial charge in [0, 0.05) is 12.7 Å². The molecule has 7 nitrogen and oxygen atoms in total. The monoisotopic (exact) mass is 271 g/mol. The molecule has 0 aromatic carbocycles. The predicted molar refractivity (Wildman–Crippen MR) is 70.0 cm³/mol. The van der Waals surface area contributed by atoms with Gasteiger partial charge in [-0.15, -0.1) is 0 Å². The first kappa shape index (κ1) is 11.6. The van der Waals surface area contributed by atoms with Crippen molar-refractivity contribution in [3.63, 3.8) is 0 Å². The molecule has 4 heterocycles. The second-order valence-electron chi connectivity index (χ2n) is 4.63. The van der Waals surface area contributed by atoms with Gasteiger partial charge in [0.2, 0.25) is 0 Å². The number of morpholine rings is 1. The molecule has 1 aliphatic rings. The minimum Gasteiger partial charge on any atom is -0.378 e. The van der Waals surface area contributed by atoms with Gasteiger partial charge in [-0.2, -0.15) is 10.1 Å². The van der Waals surface area contributed by atoms with Crippen LogP contribution >= 0.6 is 0 Å². The van der Waals surface area contributed by atoms with Crippen LogP contribution in [0.3, 0.4) is 0 Å². The highest BCUT2D eigenvalue weighted by molar-refractivity contribution is 5.74. The van der Waals surface area contributed by atoms with E-state index in [2.05, 4.69) is 20.6 Å². The van der Waals surface area contributed by atoms with Crippen molar-refractivity contribution in [2.24, 2.45) is 0 Å². The molecule has 0 amide bonds. The molecule has 0 radical (unpaired) electrons. The van der Waals surface area contributed by atoms with Crippen LogP contribution in [0.1, 0.15) is 11.9 Å². The number of ether oxygens (including phenoxy) is 1. The maximum Gasteiger partial charge on any atom is 0.261 e. The van der Waals surface area contributed by atoms with Crippen LogP contribution in [0.25, 0.3) is 17.0 Å². The number of hydrogen-bond donors (Lipinski definition) is 1. The van der Waals surface area contributed by atoms with Crippen LogP contribution in [0.4, 0.5) is 0 Å². The first-order valence-corrected chi connectivity index (χ1v) is 6.49. The van der Waals surface area contributed by atoms with Gasteiger partial charge in [0.1, 0.15) is 0 Å². The van der Waals surface area contributed by atoms with E-state index >= 15 is 0 Å². The van der Waals surface area contributed by atoms with E-state index in [1.54, 1.807) is 10.7 Å². The highest BCUT2D eigenvalue weighted by Crippen LogP contribution is 2.24. The van der Waals surface area contributed by atoms with E-state index in [0.717, 1.165) is 24.2 Å². The first-order valence-electron chi connectivity index (χ1n) is 6.49. The molecule has 3 aromatic heterocycles. The van der Waals surface area contributed by atoms with Crippen LogP contribution in [-0.2, 0) is 4.74 Å². The molecule has 0 bridgehead atoms. The maximum absolute atomic E-state index is 5.41. The fourth-order valence-electron chi connectivity index (χ4n) is 2.32. The molecule has 1 unspecified atom stereocenters. The van der Waals surface area contributed by atoms with Crippen molar-refractivity contribution in [3.05, 3.63) is 36.4 Å². The zero-order valence-corrected chi connectivity index (χ0v) is 10.7. The van der Waals surface area contributed by atoms with Gasteiger partial charge in [0.05, 0.1) is 36.5 Å². The molecule has 1 fully saturated rings. The Hall–Kier alpha value is -2.25. The molecule has 1 N–H and O–H groups in total. The van der Waals surface area contributed by atoms with Crippen molar-refractivity contribution in [1.82, 2.24) is 25.1 Å². The molecule has 3 aromatic rings. The van der Waals surface area contributed by atoms with Crippen LogP contribution in [0.5, 0.6) is 0 Å². The molecule has 7 heteroatoms. The Labute approximate surface area is 114 Å². The van der Waals surface area contributed by atoms with Crippen LogP contribution in [0, 0.1) is 0 Å². The van der Waals surface area contributed by atoms with Gasteiger partial charge in [0.25, 0.3) is 5.89 Å². The number of fused-ring (bicyclic) bond motifs is 1. The number of aromatic nitrogens is 4. The molecule has 1 atom stereocenters. The summed E-state index contributed by atoms with van der Waals surface area (Å²) in [7, 11) is 0. The number of nitrogens with zero attached hydrogens (tertiary/aromatic N) is 4. The Kier molecular flexibility index (Phi) is 2.71. The predicted octanol–water partition coefficient (Wildman–Crippen LogP) is 1.05. The Morgan fingerprint density at radius 2 is 2.35 bits per heavy atom. The number of rotatable bonds is 2. The molecule has 0 aliphatic carbocycles. The Bertz CT molecular complexity index is 729. The molecule has 0 saturated carbocycles. The topological polar surface area (TPSA) is 77.5 Å². The zero-order chi connectivity index (χ0) is 13.4. The lowest BCUT2D eigenvalue weighted by molar-refractivity contribution is 0.0734. The summed E-state index contributed by atoms with van der Waals surface area (Å²) in [6, 6.07) is 5.83. The van der Waals surface area contributed by atoms with Gasteiger partial charge in [-0.1, -0.05) is 11.2 Å². The van der Waals surface area contributed by atoms with Crippen molar-refractivity contribution < 1.29 is 9.26 Å². The summed E-state index contributed by atoms with van der Waals surface area (Å²) in [5, 5.41) is 11.6. The van der Waals surface area contributed by atoms with E-state index in [1.807, 2.05) is 24.4 Å². The van der Waals surface area contributed by atoms with Crippen LogP contribution in [-0.4, -0.2) is 39.5 Å². The Morgan fingerprint density at radius 3 is 3.25 bits per heavy atom. The SMILES string of the molecule is c1ccn2ncc(-c3nc(C4COCCN4)no3)c2c1. The van der Waals surface area contributed by atoms with Gasteiger partial charge in [-0.25, -0.2) is 4.52 Å². The summed E-state index contributed by atoms with van der Waals surface area (Å²) in [6.07, 6.45) is 3.62. The quantitative estimate of drug-likeness (QED) is 0.750. The first-order chi connectivity index (χ1) is 9.92. The molecule has 1 saturated heterocycles. The lowest BCUT2D eigenvalue weighted by Crippen LogP contribution is -2.35. The lowest BCUT2D eigenvalue weighted by Gasteiger charge is -2.20. The number of hydrogen-bond acceptors (Lipinski definition) is 6.